The number of nitrogens with zero attached hydrogens (tertiary/aromatic N) is 3. The van der Waals surface area contributed by atoms with E-state index in [-0.39, 0.29) is 39.1 Å². The number of alkyl halides is 3. The maximum Gasteiger partial charge on any atom is 0.408 e. The van der Waals surface area contributed by atoms with Crippen LogP contribution < -0.4 is 15.5 Å². The predicted molar refractivity (Wildman–Crippen MR) is 159 cm³/mol. The van der Waals surface area contributed by atoms with Crippen molar-refractivity contribution in [2.45, 2.75) is 50.2 Å². The van der Waals surface area contributed by atoms with Gasteiger partial charge in [-0.2, -0.15) is 18.3 Å². The average molecular weight is 624 g/mol. The fourth-order valence-corrected chi connectivity index (χ4v) is 5.89. The number of rotatable bonds is 8. The second-order valence-electron chi connectivity index (χ2n) is 11.4. The Hall–Kier alpha value is -4.94. The first-order chi connectivity index (χ1) is 21.4. The van der Waals surface area contributed by atoms with Gasteiger partial charge in [-0.05, 0) is 80.1 Å². The van der Waals surface area contributed by atoms with Crippen LogP contribution in [-0.4, -0.2) is 51.9 Å². The Bertz CT molecular complexity index is 1810. The minimum Gasteiger partial charge on any atom is -0.481 e. The molecule has 0 bridgehead atoms. The number of fused-ring (bicyclic) bond motifs is 1. The third-order valence-corrected chi connectivity index (χ3v) is 8.31. The number of amides is 2. The number of carboxylic acids is 1. The van der Waals surface area contributed by atoms with Gasteiger partial charge in [0.25, 0.3) is 11.8 Å². The molecule has 9 nitrogen and oxygen atoms in total. The second-order valence-corrected chi connectivity index (χ2v) is 11.4. The summed E-state index contributed by atoms with van der Waals surface area (Å²) in [7, 11) is 0. The van der Waals surface area contributed by atoms with Gasteiger partial charge in [-0.3, -0.25) is 19.1 Å². The van der Waals surface area contributed by atoms with Crippen molar-refractivity contribution in [3.8, 4) is 0 Å². The molecule has 4 aromatic rings. The number of aliphatic carboxylic acids is 1. The summed E-state index contributed by atoms with van der Waals surface area (Å²) in [6.07, 6.45) is -1.06. The Morgan fingerprint density at radius 2 is 1.60 bits per heavy atom. The number of benzene rings is 3. The fourth-order valence-electron chi connectivity index (χ4n) is 5.89. The molecule has 13 heteroatoms. The van der Waals surface area contributed by atoms with Crippen LogP contribution in [0.25, 0.3) is 10.9 Å². The first kappa shape index (κ1) is 30.1. The lowest BCUT2D eigenvalue weighted by Gasteiger charge is -2.30. The summed E-state index contributed by atoms with van der Waals surface area (Å²) in [6, 6.07) is 14.4. The molecule has 2 fully saturated rings. The van der Waals surface area contributed by atoms with E-state index in [0.717, 1.165) is 36.1 Å². The number of halogens is 4. The molecule has 0 radical (unpaired) electrons. The minimum absolute atomic E-state index is 0.119. The highest BCUT2D eigenvalue weighted by atomic mass is 19.4. The zero-order valence-corrected chi connectivity index (χ0v) is 24.0. The lowest BCUT2D eigenvalue weighted by molar-refractivity contribution is -0.142. The molecule has 3 aromatic carbocycles. The van der Waals surface area contributed by atoms with Gasteiger partial charge in [-0.15, -0.1) is 0 Å². The molecular formula is C32H29F4N5O4. The quantitative estimate of drug-likeness (QED) is 0.197. The van der Waals surface area contributed by atoms with Crippen molar-refractivity contribution in [2.24, 2.45) is 0 Å². The van der Waals surface area contributed by atoms with Crippen LogP contribution in [0, 0.1) is 5.82 Å². The van der Waals surface area contributed by atoms with Gasteiger partial charge in [-0.25, -0.2) is 4.39 Å². The minimum atomic E-state index is -4.56. The molecule has 234 valence electrons. The van der Waals surface area contributed by atoms with Gasteiger partial charge in [-0.1, -0.05) is 18.2 Å². The van der Waals surface area contributed by atoms with Crippen molar-refractivity contribution in [2.75, 3.05) is 28.6 Å². The Morgan fingerprint density at radius 3 is 2.29 bits per heavy atom. The summed E-state index contributed by atoms with van der Waals surface area (Å²) in [5, 5.41) is 19.5. The Labute approximate surface area is 254 Å². The van der Waals surface area contributed by atoms with E-state index in [0.29, 0.717) is 31.6 Å². The fraction of sp³-hybridized carbons (Fsp3) is 0.312. The maximum atomic E-state index is 14.1. The molecule has 1 saturated heterocycles. The molecule has 1 aliphatic heterocycles. The van der Waals surface area contributed by atoms with Crippen LogP contribution in [0.2, 0.25) is 0 Å². The van der Waals surface area contributed by atoms with Crippen LogP contribution in [0.1, 0.15) is 58.5 Å². The number of carboxylic acid groups (broad SMARTS) is 1. The summed E-state index contributed by atoms with van der Waals surface area (Å²) in [6.45, 7) is 0.0333. The number of nitrogens with one attached hydrogen (secondary N) is 2. The van der Waals surface area contributed by atoms with Crippen LogP contribution >= 0.6 is 0 Å². The van der Waals surface area contributed by atoms with Gasteiger partial charge in [0, 0.05) is 29.7 Å². The van der Waals surface area contributed by atoms with Crippen molar-refractivity contribution in [1.29, 1.82) is 0 Å². The monoisotopic (exact) mass is 623 g/mol. The van der Waals surface area contributed by atoms with E-state index in [1.54, 1.807) is 24.3 Å². The molecule has 1 saturated carbocycles. The van der Waals surface area contributed by atoms with Gasteiger partial charge in [0.05, 0.1) is 22.3 Å². The number of para-hydroxylation sites is 1. The predicted octanol–water partition coefficient (Wildman–Crippen LogP) is 6.35. The van der Waals surface area contributed by atoms with Gasteiger partial charge in [0.2, 0.25) is 0 Å². The first-order valence-corrected chi connectivity index (χ1v) is 14.5. The zero-order chi connectivity index (χ0) is 31.9. The smallest absolute Gasteiger partial charge is 0.408 e. The van der Waals surface area contributed by atoms with Crippen LogP contribution in [0.5, 0.6) is 0 Å². The normalized spacial score (nSPS) is 16.0. The maximum absolute atomic E-state index is 14.1. The summed E-state index contributed by atoms with van der Waals surface area (Å²) < 4.78 is 54.7. The van der Waals surface area contributed by atoms with E-state index in [2.05, 4.69) is 20.6 Å². The lowest BCUT2D eigenvalue weighted by Crippen LogP contribution is -2.30. The number of piperidine rings is 1. The molecule has 6 rings (SSSR count). The molecule has 1 aliphatic carbocycles. The Morgan fingerprint density at radius 1 is 0.889 bits per heavy atom. The number of anilines is 3. The third-order valence-electron chi connectivity index (χ3n) is 8.31. The molecular weight excluding hydrogens is 594 g/mol. The average Bonchev–Trinajstić information content (AvgIpc) is 3.75. The van der Waals surface area contributed by atoms with Gasteiger partial charge >= 0.3 is 12.1 Å². The number of carbonyl (C=O) groups is 3. The molecule has 0 unspecified atom stereocenters. The van der Waals surface area contributed by atoms with Crippen molar-refractivity contribution in [3.63, 3.8) is 0 Å². The van der Waals surface area contributed by atoms with Gasteiger partial charge < -0.3 is 20.6 Å². The summed E-state index contributed by atoms with van der Waals surface area (Å²) in [5.41, 5.74) is 0.00500. The molecule has 0 atom stereocenters. The molecule has 3 N–H and O–H groups in total. The van der Waals surface area contributed by atoms with E-state index in [4.69, 9.17) is 0 Å². The summed E-state index contributed by atoms with van der Waals surface area (Å²) >= 11 is 0. The van der Waals surface area contributed by atoms with E-state index >= 15 is 0 Å². The van der Waals surface area contributed by atoms with Crippen LogP contribution in [0.3, 0.4) is 0 Å². The summed E-state index contributed by atoms with van der Waals surface area (Å²) in [5.74, 6) is -3.10. The number of aromatic nitrogens is 2. The topological polar surface area (TPSA) is 117 Å². The van der Waals surface area contributed by atoms with E-state index in [1.807, 2.05) is 0 Å². The number of hydrogen-bond donors (Lipinski definition) is 3. The molecule has 45 heavy (non-hydrogen) atoms. The van der Waals surface area contributed by atoms with E-state index < -0.39 is 41.7 Å². The van der Waals surface area contributed by atoms with Crippen LogP contribution in [0.15, 0.2) is 60.7 Å². The van der Waals surface area contributed by atoms with Crippen LogP contribution in [0.4, 0.5) is 34.6 Å². The number of hydrogen-bond acceptors (Lipinski definition) is 5. The van der Waals surface area contributed by atoms with Crippen molar-refractivity contribution >= 4 is 45.7 Å². The molecule has 0 spiro atoms. The Balaban J connectivity index is 1.34. The third kappa shape index (κ3) is 6.06. The molecule has 2 aliphatic rings. The van der Waals surface area contributed by atoms with Crippen molar-refractivity contribution < 1.29 is 37.1 Å². The second kappa shape index (κ2) is 11.5. The lowest BCUT2D eigenvalue weighted by atomic mass is 9.94. The van der Waals surface area contributed by atoms with Gasteiger partial charge in [0.1, 0.15) is 12.4 Å². The number of carbonyl (C=O) groups excluding carboxylic acids is 2. The molecule has 1 aromatic heterocycles. The van der Waals surface area contributed by atoms with Crippen molar-refractivity contribution in [1.82, 2.24) is 9.78 Å². The van der Waals surface area contributed by atoms with E-state index in [1.165, 1.54) is 24.3 Å². The van der Waals surface area contributed by atoms with Gasteiger partial charge in [0.15, 0.2) is 5.69 Å². The standard InChI is InChI=1S/C32H29F4N5O4/c33-20-9-10-23(22(17-20)31(12-13-31)30(44)45)37-28(42)19-8-11-26(40-14-4-1-5-15-40)24(16-19)38-29(43)27-21-6-2-3-7-25(21)41(39-27)18-32(34,35)36/h2-3,6-11,16-17H,1,4-5,12-15,18H2,(H,37,42)(H,38,43)(H,44,45). The highest BCUT2D eigenvalue weighted by molar-refractivity contribution is 6.13. The van der Waals surface area contributed by atoms with E-state index in [9.17, 15) is 37.1 Å². The van der Waals surface area contributed by atoms with Crippen molar-refractivity contribution in [3.05, 3.63) is 83.3 Å². The molecule has 2 heterocycles. The first-order valence-electron chi connectivity index (χ1n) is 14.5. The highest BCUT2D eigenvalue weighted by Gasteiger charge is 2.53. The zero-order valence-electron chi connectivity index (χ0n) is 24.0. The molecule has 2 amide bonds. The largest absolute Gasteiger partial charge is 0.481 e. The SMILES string of the molecule is O=C(Nc1ccc(F)cc1C1(C(=O)O)CC1)c1ccc(N2CCCCC2)c(NC(=O)c2nn(CC(F)(F)F)c3ccccc23)c1. The van der Waals surface area contributed by atoms with Crippen LogP contribution in [-0.2, 0) is 16.8 Å². The summed E-state index contributed by atoms with van der Waals surface area (Å²) in [4.78, 5) is 41.1. The highest BCUT2D eigenvalue weighted by Crippen LogP contribution is 2.51. The Kier molecular flexibility index (Phi) is 7.71.